The summed E-state index contributed by atoms with van der Waals surface area (Å²) in [6, 6.07) is 0. The maximum Gasteiger partial charge on any atom is 0.330 e. The number of nitrogens with one attached hydrogen (secondary N) is 2. The molecule has 7 nitrogen and oxygen atoms in total. The largest absolute Gasteiger partial charge is 0.372 e. The molecular weight excluding hydrogens is 200 g/mol. The van der Waals surface area contributed by atoms with Gasteiger partial charge in [-0.05, 0) is 11.6 Å². The highest BCUT2D eigenvalue weighted by Gasteiger charge is 2.13. The predicted molar refractivity (Wildman–Crippen MR) is 56.6 cm³/mol. The van der Waals surface area contributed by atoms with Crippen LogP contribution in [0.3, 0.4) is 0 Å². The Hall–Kier alpha value is -1.92. The lowest BCUT2D eigenvalue weighted by atomic mass is 10.4. The second-order valence-corrected chi connectivity index (χ2v) is 2.95. The van der Waals surface area contributed by atoms with Crippen LogP contribution in [0.25, 0.3) is 0 Å². The Bertz CT molecular complexity index is 474. The first-order valence-electron chi connectivity index (χ1n) is 4.53. The number of anilines is 1. The molecule has 0 atom stereocenters. The fourth-order valence-corrected chi connectivity index (χ4v) is 1.34. The molecule has 0 amide bonds. The van der Waals surface area contributed by atoms with Gasteiger partial charge in [0.05, 0.1) is 0 Å². The van der Waals surface area contributed by atoms with Crippen LogP contribution in [0.5, 0.6) is 0 Å². The zero-order chi connectivity index (χ0) is 11.4. The van der Waals surface area contributed by atoms with Gasteiger partial charge in [-0.2, -0.15) is 0 Å². The Morgan fingerprint density at radius 2 is 2.13 bits per heavy atom. The molecule has 1 heterocycles. The maximum atomic E-state index is 11.4. The molecule has 1 aromatic heterocycles. The highest BCUT2D eigenvalue weighted by atomic mass is 16.3. The van der Waals surface area contributed by atoms with Gasteiger partial charge in [0.25, 0.3) is 5.56 Å². The summed E-state index contributed by atoms with van der Waals surface area (Å²) in [7, 11) is 1.52. The summed E-state index contributed by atoms with van der Waals surface area (Å²) in [6.07, 6.45) is 0.707. The van der Waals surface area contributed by atoms with E-state index in [1.807, 2.05) is 11.9 Å². The minimum atomic E-state index is -0.772. The van der Waals surface area contributed by atoms with Gasteiger partial charge in [0.1, 0.15) is 5.82 Å². The molecule has 0 unspecified atom stereocenters. The van der Waals surface area contributed by atoms with E-state index in [1.165, 1.54) is 11.6 Å². The summed E-state index contributed by atoms with van der Waals surface area (Å²) in [5.41, 5.74) is -1.61. The van der Waals surface area contributed by atoms with Crippen molar-refractivity contribution in [3.63, 3.8) is 0 Å². The highest BCUT2D eigenvalue weighted by molar-refractivity contribution is 5.58. The number of nitroso groups, excluding NO2 is 1. The van der Waals surface area contributed by atoms with Gasteiger partial charge in [-0.15, -0.1) is 4.91 Å². The van der Waals surface area contributed by atoms with Crippen LogP contribution >= 0.6 is 0 Å². The predicted octanol–water partition coefficient (Wildman–Crippen LogP) is 0.386. The molecule has 0 aliphatic rings. The molecule has 0 aliphatic carbocycles. The molecule has 0 saturated carbocycles. The number of hydrogen-bond acceptors (Lipinski definition) is 5. The Balaban J connectivity index is 3.56. The zero-order valence-electron chi connectivity index (χ0n) is 8.53. The monoisotopic (exact) mass is 212 g/mol. The van der Waals surface area contributed by atoms with Crippen LogP contribution in [0.15, 0.2) is 14.8 Å². The van der Waals surface area contributed by atoms with Crippen LogP contribution in [-0.4, -0.2) is 16.6 Å². The molecule has 7 heteroatoms. The topological polar surface area (TPSA) is 96.3 Å². The lowest BCUT2D eigenvalue weighted by Gasteiger charge is -2.10. The maximum absolute atomic E-state index is 11.4. The highest BCUT2D eigenvalue weighted by Crippen LogP contribution is 2.16. The Labute approximate surface area is 85.1 Å². The number of aromatic nitrogens is 2. The van der Waals surface area contributed by atoms with Crippen molar-refractivity contribution in [2.75, 3.05) is 12.4 Å². The molecule has 2 N–H and O–H groups in total. The number of hydrogen-bond donors (Lipinski definition) is 2. The lowest BCUT2D eigenvalue weighted by molar-refractivity contribution is 0.640. The van der Waals surface area contributed by atoms with Crippen molar-refractivity contribution >= 4 is 11.5 Å². The van der Waals surface area contributed by atoms with Crippen LogP contribution in [0.4, 0.5) is 11.5 Å². The second-order valence-electron chi connectivity index (χ2n) is 2.95. The summed E-state index contributed by atoms with van der Waals surface area (Å²) in [4.78, 5) is 35.1. The van der Waals surface area contributed by atoms with Gasteiger partial charge in [-0.1, -0.05) is 6.92 Å². The first-order chi connectivity index (χ1) is 7.15. The molecule has 0 bridgehead atoms. The van der Waals surface area contributed by atoms with Crippen molar-refractivity contribution in [3.05, 3.63) is 25.7 Å². The van der Waals surface area contributed by atoms with Crippen LogP contribution in [-0.2, 0) is 6.54 Å². The normalized spacial score (nSPS) is 10.0. The molecule has 0 fully saturated rings. The molecule has 0 radical (unpaired) electrons. The third-order valence-electron chi connectivity index (χ3n) is 1.95. The number of nitrogens with zero attached hydrogens (tertiary/aromatic N) is 2. The fraction of sp³-hybridized carbons (Fsp3) is 0.500. The minimum absolute atomic E-state index is 0.153. The van der Waals surface area contributed by atoms with Crippen LogP contribution in [0, 0.1) is 4.91 Å². The molecule has 1 rings (SSSR count). The number of aromatic amines is 1. The molecule has 82 valence electrons. The number of H-pyrrole nitrogens is 1. The Morgan fingerprint density at radius 1 is 1.47 bits per heavy atom. The van der Waals surface area contributed by atoms with Gasteiger partial charge < -0.3 is 5.32 Å². The molecule has 0 saturated heterocycles. The van der Waals surface area contributed by atoms with Crippen molar-refractivity contribution in [1.82, 2.24) is 9.55 Å². The van der Waals surface area contributed by atoms with E-state index in [1.54, 1.807) is 0 Å². The zero-order valence-corrected chi connectivity index (χ0v) is 8.53. The average molecular weight is 212 g/mol. The average Bonchev–Trinajstić information content (AvgIpc) is 2.21. The third-order valence-corrected chi connectivity index (χ3v) is 1.95. The lowest BCUT2D eigenvalue weighted by Crippen LogP contribution is -2.31. The van der Waals surface area contributed by atoms with Gasteiger partial charge in [0.15, 0.2) is 0 Å². The SMILES string of the molecule is CCCn1c(NC)c(N=O)c(=O)[nH]c1=O. The van der Waals surface area contributed by atoms with Crippen molar-refractivity contribution in [2.45, 2.75) is 19.9 Å². The van der Waals surface area contributed by atoms with E-state index in [2.05, 4.69) is 10.5 Å². The quantitative estimate of drug-likeness (QED) is 0.705. The summed E-state index contributed by atoms with van der Waals surface area (Å²) >= 11 is 0. The van der Waals surface area contributed by atoms with Gasteiger partial charge in [0, 0.05) is 13.6 Å². The Morgan fingerprint density at radius 3 is 2.60 bits per heavy atom. The van der Waals surface area contributed by atoms with Crippen molar-refractivity contribution in [3.8, 4) is 0 Å². The van der Waals surface area contributed by atoms with Gasteiger partial charge in [-0.3, -0.25) is 14.3 Å². The van der Waals surface area contributed by atoms with E-state index in [0.717, 1.165) is 0 Å². The van der Waals surface area contributed by atoms with E-state index < -0.39 is 11.2 Å². The minimum Gasteiger partial charge on any atom is -0.372 e. The smallest absolute Gasteiger partial charge is 0.330 e. The fourth-order valence-electron chi connectivity index (χ4n) is 1.34. The second kappa shape index (κ2) is 4.54. The van der Waals surface area contributed by atoms with Crippen molar-refractivity contribution in [1.29, 1.82) is 0 Å². The molecule has 15 heavy (non-hydrogen) atoms. The Kier molecular flexibility index (Phi) is 3.37. The third kappa shape index (κ3) is 1.95. The summed E-state index contributed by atoms with van der Waals surface area (Å²) < 4.78 is 1.28. The van der Waals surface area contributed by atoms with Crippen molar-refractivity contribution in [2.24, 2.45) is 5.18 Å². The molecule has 0 spiro atoms. The summed E-state index contributed by atoms with van der Waals surface area (Å²) in [5, 5.41) is 5.24. The van der Waals surface area contributed by atoms with E-state index in [4.69, 9.17) is 0 Å². The molecule has 1 aromatic rings. The molecule has 0 aliphatic heterocycles. The van der Waals surface area contributed by atoms with Crippen LogP contribution in [0.2, 0.25) is 0 Å². The number of rotatable bonds is 4. The summed E-state index contributed by atoms with van der Waals surface area (Å²) in [5.74, 6) is 0.153. The van der Waals surface area contributed by atoms with E-state index in [0.29, 0.717) is 13.0 Å². The summed E-state index contributed by atoms with van der Waals surface area (Å²) in [6.45, 7) is 2.29. The van der Waals surface area contributed by atoms with Gasteiger partial charge in [-0.25, -0.2) is 4.79 Å². The first-order valence-corrected chi connectivity index (χ1v) is 4.53. The van der Waals surface area contributed by atoms with Crippen LogP contribution < -0.4 is 16.6 Å². The van der Waals surface area contributed by atoms with Gasteiger partial charge >= 0.3 is 5.69 Å². The van der Waals surface area contributed by atoms with E-state index >= 15 is 0 Å². The standard InChI is InChI=1S/C8H12N4O3/c1-3-4-12-6(9-2)5(11-15)7(13)10-8(12)14/h9H,3-4H2,1-2H3,(H,10,13,14). The molecular formula is C8H12N4O3. The van der Waals surface area contributed by atoms with Crippen molar-refractivity contribution < 1.29 is 0 Å². The van der Waals surface area contributed by atoms with Gasteiger partial charge in [0.2, 0.25) is 5.69 Å². The van der Waals surface area contributed by atoms with E-state index in [-0.39, 0.29) is 11.5 Å². The van der Waals surface area contributed by atoms with E-state index in [9.17, 15) is 14.5 Å². The first kappa shape index (κ1) is 11.2. The van der Waals surface area contributed by atoms with Crippen LogP contribution in [0.1, 0.15) is 13.3 Å². The molecule has 0 aromatic carbocycles.